The number of aliphatic hydroxyl groups is 1. The van der Waals surface area contributed by atoms with Crippen LogP contribution in [0.1, 0.15) is 13.8 Å². The van der Waals surface area contributed by atoms with Crippen LogP contribution < -0.4 is 5.73 Å². The Labute approximate surface area is 79.0 Å². The molecule has 0 bridgehead atoms. The van der Waals surface area contributed by atoms with E-state index in [1.165, 1.54) is 0 Å². The lowest BCUT2D eigenvalue weighted by Gasteiger charge is -2.30. The first-order valence-corrected chi connectivity index (χ1v) is 3.66. The zero-order chi connectivity index (χ0) is 8.43. The molecular formula is C8H15ClN2O. The molecule has 0 saturated heterocycles. The molecule has 0 aliphatic carbocycles. The van der Waals surface area contributed by atoms with Crippen LogP contribution in [0.4, 0.5) is 0 Å². The minimum atomic E-state index is -0.551. The summed E-state index contributed by atoms with van der Waals surface area (Å²) in [5.41, 5.74) is 7.52. The molecular weight excluding hydrogens is 176 g/mol. The molecule has 3 nitrogen and oxygen atoms in total. The van der Waals surface area contributed by atoms with Gasteiger partial charge in [-0.2, -0.15) is 0 Å². The van der Waals surface area contributed by atoms with E-state index < -0.39 is 6.23 Å². The van der Waals surface area contributed by atoms with Gasteiger partial charge in [-0.3, -0.25) is 0 Å². The first-order chi connectivity index (χ1) is 5.15. The Bertz CT molecular complexity index is 213. The maximum atomic E-state index is 9.44. The SMILES string of the molecule is CC1=CC(O)N(CN)C(C)=C1.Cl. The van der Waals surface area contributed by atoms with E-state index in [2.05, 4.69) is 0 Å². The van der Waals surface area contributed by atoms with Crippen LogP contribution in [0.2, 0.25) is 0 Å². The molecule has 1 heterocycles. The van der Waals surface area contributed by atoms with Crippen LogP contribution in [0.5, 0.6) is 0 Å². The summed E-state index contributed by atoms with van der Waals surface area (Å²) in [5.74, 6) is 0. The molecule has 0 radical (unpaired) electrons. The highest BCUT2D eigenvalue weighted by Crippen LogP contribution is 2.16. The van der Waals surface area contributed by atoms with Gasteiger partial charge in [0.15, 0.2) is 0 Å². The Hall–Kier alpha value is -0.510. The number of nitrogens with two attached hydrogens (primary N) is 1. The minimum absolute atomic E-state index is 0. The highest BCUT2D eigenvalue weighted by atomic mass is 35.5. The maximum Gasteiger partial charge on any atom is 0.147 e. The predicted octanol–water partition coefficient (Wildman–Crippen LogP) is 0.809. The van der Waals surface area contributed by atoms with Gasteiger partial charge in [0.05, 0.1) is 6.67 Å². The third-order valence-corrected chi connectivity index (χ3v) is 1.82. The van der Waals surface area contributed by atoms with Crippen LogP contribution in [0.25, 0.3) is 0 Å². The van der Waals surface area contributed by atoms with E-state index in [0.29, 0.717) is 6.67 Å². The zero-order valence-electron chi connectivity index (χ0n) is 7.32. The molecule has 0 aromatic carbocycles. The van der Waals surface area contributed by atoms with Crippen molar-refractivity contribution in [1.82, 2.24) is 4.90 Å². The number of hydrogen-bond acceptors (Lipinski definition) is 3. The number of rotatable bonds is 1. The quantitative estimate of drug-likeness (QED) is 0.644. The van der Waals surface area contributed by atoms with Crippen molar-refractivity contribution >= 4 is 12.4 Å². The smallest absolute Gasteiger partial charge is 0.147 e. The predicted molar refractivity (Wildman–Crippen MR) is 51.7 cm³/mol. The highest BCUT2D eigenvalue weighted by Gasteiger charge is 2.15. The molecule has 1 atom stereocenters. The van der Waals surface area contributed by atoms with Crippen molar-refractivity contribution in [2.24, 2.45) is 5.73 Å². The Kier molecular flexibility index (Phi) is 4.31. The van der Waals surface area contributed by atoms with Crippen molar-refractivity contribution in [2.75, 3.05) is 6.67 Å². The van der Waals surface area contributed by atoms with Crippen LogP contribution in [-0.2, 0) is 0 Å². The largest absolute Gasteiger partial charge is 0.370 e. The Morgan fingerprint density at radius 3 is 2.58 bits per heavy atom. The molecule has 0 amide bonds. The number of aliphatic hydroxyl groups excluding tert-OH is 1. The number of hydrogen-bond donors (Lipinski definition) is 2. The fourth-order valence-corrected chi connectivity index (χ4v) is 1.25. The topological polar surface area (TPSA) is 49.5 Å². The van der Waals surface area contributed by atoms with Gasteiger partial charge in [0, 0.05) is 5.70 Å². The van der Waals surface area contributed by atoms with E-state index in [4.69, 9.17) is 5.73 Å². The molecule has 0 spiro atoms. The fourth-order valence-electron chi connectivity index (χ4n) is 1.25. The van der Waals surface area contributed by atoms with Crippen LogP contribution >= 0.6 is 12.4 Å². The second-order valence-corrected chi connectivity index (χ2v) is 2.76. The molecule has 0 fully saturated rings. The van der Waals surface area contributed by atoms with Gasteiger partial charge >= 0.3 is 0 Å². The van der Waals surface area contributed by atoms with Crippen molar-refractivity contribution in [3.05, 3.63) is 23.4 Å². The lowest BCUT2D eigenvalue weighted by Crippen LogP contribution is -2.38. The monoisotopic (exact) mass is 190 g/mol. The zero-order valence-corrected chi connectivity index (χ0v) is 8.14. The van der Waals surface area contributed by atoms with Crippen molar-refractivity contribution < 1.29 is 5.11 Å². The van der Waals surface area contributed by atoms with Crippen molar-refractivity contribution in [3.63, 3.8) is 0 Å². The second-order valence-electron chi connectivity index (χ2n) is 2.76. The molecule has 70 valence electrons. The summed E-state index contributed by atoms with van der Waals surface area (Å²) in [6.45, 7) is 4.25. The van der Waals surface area contributed by atoms with Gasteiger partial charge < -0.3 is 15.7 Å². The molecule has 0 saturated carbocycles. The summed E-state index contributed by atoms with van der Waals surface area (Å²) in [6, 6.07) is 0. The Morgan fingerprint density at radius 1 is 1.58 bits per heavy atom. The Morgan fingerprint density at radius 2 is 2.17 bits per heavy atom. The van der Waals surface area contributed by atoms with E-state index in [9.17, 15) is 5.11 Å². The van der Waals surface area contributed by atoms with Crippen LogP contribution in [0.3, 0.4) is 0 Å². The van der Waals surface area contributed by atoms with Crippen molar-refractivity contribution in [2.45, 2.75) is 20.1 Å². The van der Waals surface area contributed by atoms with E-state index in [1.54, 1.807) is 11.0 Å². The average molecular weight is 191 g/mol. The summed E-state index contributed by atoms with van der Waals surface area (Å²) >= 11 is 0. The summed E-state index contributed by atoms with van der Waals surface area (Å²) in [4.78, 5) is 1.73. The van der Waals surface area contributed by atoms with Crippen molar-refractivity contribution in [3.8, 4) is 0 Å². The van der Waals surface area contributed by atoms with Gasteiger partial charge in [0.25, 0.3) is 0 Å². The van der Waals surface area contributed by atoms with E-state index in [1.807, 2.05) is 19.9 Å². The normalized spacial score (nSPS) is 22.7. The molecule has 1 unspecified atom stereocenters. The van der Waals surface area contributed by atoms with Gasteiger partial charge in [-0.15, -0.1) is 12.4 Å². The molecule has 4 heteroatoms. The third kappa shape index (κ3) is 2.24. The van der Waals surface area contributed by atoms with Gasteiger partial charge in [-0.25, -0.2) is 0 Å². The summed E-state index contributed by atoms with van der Waals surface area (Å²) in [5, 5.41) is 9.44. The molecule has 1 rings (SSSR count). The Balaban J connectivity index is 0.00000121. The molecule has 0 aromatic heterocycles. The third-order valence-electron chi connectivity index (χ3n) is 1.82. The van der Waals surface area contributed by atoms with Gasteiger partial charge in [-0.05, 0) is 31.6 Å². The summed E-state index contributed by atoms with van der Waals surface area (Å²) in [7, 11) is 0. The van der Waals surface area contributed by atoms with Crippen molar-refractivity contribution in [1.29, 1.82) is 0 Å². The number of allylic oxidation sites excluding steroid dienone is 3. The highest BCUT2D eigenvalue weighted by molar-refractivity contribution is 5.85. The standard InChI is InChI=1S/C8H14N2O.ClH/c1-6-3-7(2)10(5-9)8(11)4-6;/h3-4,8,11H,5,9H2,1-2H3;1H. The first-order valence-electron chi connectivity index (χ1n) is 3.66. The van der Waals surface area contributed by atoms with Crippen LogP contribution in [0, 0.1) is 0 Å². The lowest BCUT2D eigenvalue weighted by atomic mass is 10.1. The van der Waals surface area contributed by atoms with Crippen LogP contribution in [-0.4, -0.2) is 22.9 Å². The summed E-state index contributed by atoms with van der Waals surface area (Å²) in [6.07, 6.45) is 3.23. The number of nitrogens with zero attached hydrogens (tertiary/aromatic N) is 1. The molecule has 12 heavy (non-hydrogen) atoms. The van der Waals surface area contributed by atoms with Gasteiger partial charge in [0.1, 0.15) is 6.23 Å². The molecule has 3 N–H and O–H groups in total. The lowest BCUT2D eigenvalue weighted by molar-refractivity contribution is 0.0680. The number of halogens is 1. The van der Waals surface area contributed by atoms with Gasteiger partial charge in [0.2, 0.25) is 0 Å². The van der Waals surface area contributed by atoms with E-state index in [-0.39, 0.29) is 12.4 Å². The second kappa shape index (κ2) is 4.50. The fraction of sp³-hybridized carbons (Fsp3) is 0.500. The van der Waals surface area contributed by atoms with Gasteiger partial charge in [-0.1, -0.05) is 0 Å². The van der Waals surface area contributed by atoms with E-state index in [0.717, 1.165) is 11.3 Å². The molecule has 0 aromatic rings. The maximum absolute atomic E-state index is 9.44. The molecule has 1 aliphatic heterocycles. The van der Waals surface area contributed by atoms with E-state index >= 15 is 0 Å². The minimum Gasteiger partial charge on any atom is -0.370 e. The summed E-state index contributed by atoms with van der Waals surface area (Å²) < 4.78 is 0. The molecule has 1 aliphatic rings. The van der Waals surface area contributed by atoms with Crippen LogP contribution in [0.15, 0.2) is 23.4 Å². The average Bonchev–Trinajstić information content (AvgIpc) is 1.85. The first kappa shape index (κ1) is 11.5.